The second kappa shape index (κ2) is 5.45. The van der Waals surface area contributed by atoms with Crippen LogP contribution in [0.3, 0.4) is 0 Å². The predicted octanol–water partition coefficient (Wildman–Crippen LogP) is 2.67. The molecule has 0 bridgehead atoms. The molecular formula is C15H18N2O3. The maximum absolute atomic E-state index is 11.9. The number of rotatable bonds is 4. The summed E-state index contributed by atoms with van der Waals surface area (Å²) >= 11 is 0. The van der Waals surface area contributed by atoms with Gasteiger partial charge in [0, 0.05) is 11.6 Å². The summed E-state index contributed by atoms with van der Waals surface area (Å²) < 4.78 is 6.81. The molecule has 106 valence electrons. The molecule has 0 amide bonds. The van der Waals surface area contributed by atoms with Crippen LogP contribution in [0.15, 0.2) is 18.2 Å². The van der Waals surface area contributed by atoms with Crippen LogP contribution in [0, 0.1) is 6.92 Å². The highest BCUT2D eigenvalue weighted by Crippen LogP contribution is 2.22. The zero-order valence-electron chi connectivity index (χ0n) is 12.1. The van der Waals surface area contributed by atoms with E-state index in [1.54, 1.807) is 19.1 Å². The van der Waals surface area contributed by atoms with E-state index < -0.39 is 11.8 Å². The standard InChI is InChI=1S/C15H18N2O3/c1-5-20-15(19)14(18)11-6-7-13-12(8-11)16-10(4)17(13)9(2)3/h6-9H,5H2,1-4H3. The van der Waals surface area contributed by atoms with Crippen LogP contribution in [0.2, 0.25) is 0 Å². The van der Waals surface area contributed by atoms with Gasteiger partial charge in [0.25, 0.3) is 5.78 Å². The molecule has 0 aliphatic heterocycles. The Morgan fingerprint density at radius 1 is 1.35 bits per heavy atom. The quantitative estimate of drug-likeness (QED) is 0.488. The summed E-state index contributed by atoms with van der Waals surface area (Å²) in [6.45, 7) is 7.93. The number of Topliss-reactive ketones (excluding diaryl/α,β-unsaturated/α-hetero) is 1. The Hall–Kier alpha value is -2.17. The molecule has 0 saturated carbocycles. The van der Waals surface area contributed by atoms with Crippen molar-refractivity contribution in [1.82, 2.24) is 9.55 Å². The largest absolute Gasteiger partial charge is 0.460 e. The van der Waals surface area contributed by atoms with E-state index in [1.165, 1.54) is 0 Å². The molecule has 1 aromatic heterocycles. The van der Waals surface area contributed by atoms with Gasteiger partial charge in [-0.3, -0.25) is 4.79 Å². The molecule has 1 heterocycles. The van der Waals surface area contributed by atoms with Crippen LogP contribution in [0.25, 0.3) is 11.0 Å². The highest BCUT2D eigenvalue weighted by molar-refractivity contribution is 6.40. The van der Waals surface area contributed by atoms with Gasteiger partial charge in [-0.05, 0) is 45.9 Å². The van der Waals surface area contributed by atoms with Crippen molar-refractivity contribution in [2.75, 3.05) is 6.61 Å². The van der Waals surface area contributed by atoms with E-state index in [0.29, 0.717) is 11.1 Å². The molecule has 1 aromatic carbocycles. The van der Waals surface area contributed by atoms with Crippen LogP contribution in [-0.4, -0.2) is 27.9 Å². The highest BCUT2D eigenvalue weighted by atomic mass is 16.5. The van der Waals surface area contributed by atoms with Gasteiger partial charge in [0.15, 0.2) is 0 Å². The molecule has 2 aromatic rings. The number of ether oxygens (including phenoxy) is 1. The van der Waals surface area contributed by atoms with Crippen molar-refractivity contribution < 1.29 is 14.3 Å². The van der Waals surface area contributed by atoms with Crippen LogP contribution < -0.4 is 0 Å². The van der Waals surface area contributed by atoms with E-state index in [-0.39, 0.29) is 12.6 Å². The van der Waals surface area contributed by atoms with E-state index in [0.717, 1.165) is 11.3 Å². The van der Waals surface area contributed by atoms with E-state index in [2.05, 4.69) is 23.4 Å². The second-order valence-electron chi connectivity index (χ2n) is 4.88. The minimum absolute atomic E-state index is 0.188. The average Bonchev–Trinajstić information content (AvgIpc) is 2.72. The monoisotopic (exact) mass is 274 g/mol. The van der Waals surface area contributed by atoms with Gasteiger partial charge in [-0.15, -0.1) is 0 Å². The van der Waals surface area contributed by atoms with Gasteiger partial charge in [0.2, 0.25) is 0 Å². The van der Waals surface area contributed by atoms with Crippen molar-refractivity contribution in [2.24, 2.45) is 0 Å². The van der Waals surface area contributed by atoms with Crippen LogP contribution in [-0.2, 0) is 9.53 Å². The van der Waals surface area contributed by atoms with Crippen LogP contribution >= 0.6 is 0 Å². The molecule has 0 N–H and O–H groups in total. The van der Waals surface area contributed by atoms with Gasteiger partial charge in [-0.2, -0.15) is 0 Å². The maximum Gasteiger partial charge on any atom is 0.379 e. The van der Waals surface area contributed by atoms with E-state index in [9.17, 15) is 9.59 Å². The van der Waals surface area contributed by atoms with Crippen LogP contribution in [0.5, 0.6) is 0 Å². The molecule has 2 rings (SSSR count). The number of nitrogens with zero attached hydrogens (tertiary/aromatic N) is 2. The number of ketones is 1. The number of hydrogen-bond acceptors (Lipinski definition) is 4. The summed E-state index contributed by atoms with van der Waals surface area (Å²) in [7, 11) is 0. The van der Waals surface area contributed by atoms with Crippen molar-refractivity contribution in [3.8, 4) is 0 Å². The number of aryl methyl sites for hydroxylation is 1. The third-order valence-electron chi connectivity index (χ3n) is 3.11. The Kier molecular flexibility index (Phi) is 3.88. The summed E-state index contributed by atoms with van der Waals surface area (Å²) in [5.41, 5.74) is 1.98. The Morgan fingerprint density at radius 3 is 2.65 bits per heavy atom. The fourth-order valence-electron chi connectivity index (χ4n) is 2.33. The molecule has 0 aliphatic rings. The third kappa shape index (κ3) is 2.43. The molecule has 5 heteroatoms. The van der Waals surface area contributed by atoms with Crippen molar-refractivity contribution in [2.45, 2.75) is 33.7 Å². The predicted molar refractivity (Wildman–Crippen MR) is 75.8 cm³/mol. The minimum atomic E-state index is -0.827. The third-order valence-corrected chi connectivity index (χ3v) is 3.11. The zero-order valence-corrected chi connectivity index (χ0v) is 12.1. The van der Waals surface area contributed by atoms with Gasteiger partial charge in [-0.1, -0.05) is 0 Å². The van der Waals surface area contributed by atoms with E-state index >= 15 is 0 Å². The number of aromatic nitrogens is 2. The Bertz CT molecular complexity index is 671. The summed E-state index contributed by atoms with van der Waals surface area (Å²) in [5.74, 6) is -0.576. The lowest BCUT2D eigenvalue weighted by Gasteiger charge is -2.10. The topological polar surface area (TPSA) is 61.2 Å². The number of hydrogen-bond donors (Lipinski definition) is 0. The first-order valence-corrected chi connectivity index (χ1v) is 6.65. The molecular weight excluding hydrogens is 256 g/mol. The number of carbonyl (C=O) groups is 2. The fraction of sp³-hybridized carbons (Fsp3) is 0.400. The minimum Gasteiger partial charge on any atom is -0.460 e. The first-order valence-electron chi connectivity index (χ1n) is 6.65. The molecule has 20 heavy (non-hydrogen) atoms. The number of esters is 1. The summed E-state index contributed by atoms with van der Waals surface area (Å²) in [4.78, 5) is 27.8. The van der Waals surface area contributed by atoms with Crippen molar-refractivity contribution in [1.29, 1.82) is 0 Å². The molecule has 0 atom stereocenters. The van der Waals surface area contributed by atoms with Crippen LogP contribution in [0.1, 0.15) is 43.0 Å². The Morgan fingerprint density at radius 2 is 2.05 bits per heavy atom. The van der Waals surface area contributed by atoms with Crippen LogP contribution in [0.4, 0.5) is 0 Å². The molecule has 0 fully saturated rings. The van der Waals surface area contributed by atoms with E-state index in [4.69, 9.17) is 4.74 Å². The summed E-state index contributed by atoms with van der Waals surface area (Å²) in [5, 5.41) is 0. The first kappa shape index (κ1) is 14.2. The number of benzene rings is 1. The summed E-state index contributed by atoms with van der Waals surface area (Å²) in [6, 6.07) is 5.38. The zero-order chi connectivity index (χ0) is 14.9. The second-order valence-corrected chi connectivity index (χ2v) is 4.88. The van der Waals surface area contributed by atoms with Gasteiger partial charge < -0.3 is 9.30 Å². The lowest BCUT2D eigenvalue weighted by molar-refractivity contribution is -0.137. The first-order chi connectivity index (χ1) is 9.45. The lowest BCUT2D eigenvalue weighted by Crippen LogP contribution is -2.17. The molecule has 0 saturated heterocycles. The molecule has 0 unspecified atom stereocenters. The average molecular weight is 274 g/mol. The van der Waals surface area contributed by atoms with Gasteiger partial charge in [0.1, 0.15) is 5.82 Å². The smallest absolute Gasteiger partial charge is 0.379 e. The maximum atomic E-state index is 11.9. The van der Waals surface area contributed by atoms with Crippen molar-refractivity contribution >= 4 is 22.8 Å². The fourth-order valence-corrected chi connectivity index (χ4v) is 2.33. The molecule has 0 aliphatic carbocycles. The lowest BCUT2D eigenvalue weighted by atomic mass is 10.1. The Balaban J connectivity index is 2.45. The molecule has 0 spiro atoms. The molecule has 5 nitrogen and oxygen atoms in total. The highest BCUT2D eigenvalue weighted by Gasteiger charge is 2.19. The Labute approximate surface area is 117 Å². The van der Waals surface area contributed by atoms with E-state index in [1.807, 2.05) is 13.0 Å². The number of imidazole rings is 1. The molecule has 0 radical (unpaired) electrons. The summed E-state index contributed by atoms with van der Waals surface area (Å²) in [6.07, 6.45) is 0. The SMILES string of the molecule is CCOC(=O)C(=O)c1ccc2c(c1)nc(C)n2C(C)C. The van der Waals surface area contributed by atoms with Crippen molar-refractivity contribution in [3.05, 3.63) is 29.6 Å². The van der Waals surface area contributed by atoms with Crippen molar-refractivity contribution in [3.63, 3.8) is 0 Å². The van der Waals surface area contributed by atoms with Gasteiger partial charge in [0.05, 0.1) is 17.6 Å². The number of fused-ring (bicyclic) bond motifs is 1. The number of carbonyl (C=O) groups excluding carboxylic acids is 2. The van der Waals surface area contributed by atoms with Gasteiger partial charge in [-0.25, -0.2) is 9.78 Å². The van der Waals surface area contributed by atoms with Gasteiger partial charge >= 0.3 is 5.97 Å². The normalized spacial score (nSPS) is 11.1.